The third-order valence-electron chi connectivity index (χ3n) is 4.38. The van der Waals surface area contributed by atoms with Crippen LogP contribution in [0.4, 0.5) is 0 Å². The van der Waals surface area contributed by atoms with E-state index in [1.165, 1.54) is 0 Å². The molecule has 2 heterocycles. The van der Waals surface area contributed by atoms with E-state index in [0.29, 0.717) is 12.4 Å². The lowest BCUT2D eigenvalue weighted by Crippen LogP contribution is -2.45. The van der Waals surface area contributed by atoms with Gasteiger partial charge in [0.15, 0.2) is 5.82 Å². The summed E-state index contributed by atoms with van der Waals surface area (Å²) in [6.45, 7) is 4.12. The van der Waals surface area contributed by atoms with Gasteiger partial charge in [-0.3, -0.25) is 4.90 Å². The van der Waals surface area contributed by atoms with Crippen molar-refractivity contribution in [2.24, 2.45) is 7.05 Å². The topological polar surface area (TPSA) is 68.3 Å². The number of nitrogens with zero attached hydrogens (tertiary/aromatic N) is 5. The molecule has 1 saturated heterocycles. The van der Waals surface area contributed by atoms with E-state index < -0.39 is 0 Å². The number of aliphatic hydroxyl groups is 1. The van der Waals surface area contributed by atoms with Crippen molar-refractivity contribution >= 4 is 16.6 Å². The Balaban J connectivity index is 1.90. The first-order valence-electron chi connectivity index (χ1n) is 7.75. The van der Waals surface area contributed by atoms with Gasteiger partial charge in [-0.2, -0.15) is 5.26 Å². The molecule has 1 fully saturated rings. The van der Waals surface area contributed by atoms with Crippen LogP contribution in [0.15, 0.2) is 30.0 Å². The van der Waals surface area contributed by atoms with E-state index in [2.05, 4.69) is 27.9 Å². The number of para-hydroxylation sites is 2. The smallest absolute Gasteiger partial charge is 0.155 e. The van der Waals surface area contributed by atoms with E-state index in [1.807, 2.05) is 35.9 Å². The first-order chi connectivity index (χ1) is 11.1. The number of allylic oxidation sites excluding steroid dienone is 1. The quantitative estimate of drug-likeness (QED) is 0.689. The van der Waals surface area contributed by atoms with Crippen LogP contribution < -0.4 is 0 Å². The fraction of sp³-hybridized carbons (Fsp3) is 0.412. The molecule has 0 aliphatic carbocycles. The van der Waals surface area contributed by atoms with Crippen molar-refractivity contribution in [2.75, 3.05) is 39.8 Å². The van der Waals surface area contributed by atoms with Crippen LogP contribution in [-0.4, -0.2) is 64.2 Å². The highest BCUT2D eigenvalue weighted by molar-refractivity contribution is 5.83. The molecule has 0 bridgehead atoms. The minimum absolute atomic E-state index is 0.0930. The van der Waals surface area contributed by atoms with Gasteiger partial charge in [0.05, 0.1) is 17.6 Å². The molecule has 0 saturated carbocycles. The zero-order chi connectivity index (χ0) is 16.4. The van der Waals surface area contributed by atoms with Gasteiger partial charge in [-0.15, -0.1) is 0 Å². The molecule has 120 valence electrons. The van der Waals surface area contributed by atoms with Gasteiger partial charge in [0.25, 0.3) is 0 Å². The van der Waals surface area contributed by atoms with Crippen LogP contribution in [0.2, 0.25) is 0 Å². The third-order valence-corrected chi connectivity index (χ3v) is 4.38. The molecule has 1 aromatic carbocycles. The Kier molecular flexibility index (Phi) is 4.33. The molecule has 0 spiro atoms. The molecule has 6 heteroatoms. The number of nitriles is 1. The Morgan fingerprint density at radius 1 is 1.22 bits per heavy atom. The number of rotatable bonds is 3. The van der Waals surface area contributed by atoms with Gasteiger partial charge in [-0.25, -0.2) is 4.98 Å². The summed E-state index contributed by atoms with van der Waals surface area (Å²) in [5.41, 5.74) is 2.02. The summed E-state index contributed by atoms with van der Waals surface area (Å²) in [7, 11) is 3.96. The summed E-state index contributed by atoms with van der Waals surface area (Å²) in [6, 6.07) is 9.85. The molecule has 0 amide bonds. The average Bonchev–Trinajstić information content (AvgIpc) is 2.88. The maximum Gasteiger partial charge on any atom is 0.155 e. The Morgan fingerprint density at radius 3 is 2.57 bits per heavy atom. The number of likely N-dealkylation sites (N-methyl/N-ethyl adjacent to an activating group) is 1. The van der Waals surface area contributed by atoms with Crippen molar-refractivity contribution in [1.82, 2.24) is 19.4 Å². The van der Waals surface area contributed by atoms with Crippen LogP contribution in [0, 0.1) is 11.3 Å². The summed E-state index contributed by atoms with van der Waals surface area (Å²) in [5.74, 6) is 0.607. The van der Waals surface area contributed by atoms with Crippen LogP contribution in [0.3, 0.4) is 0 Å². The summed E-state index contributed by atoms with van der Waals surface area (Å²) >= 11 is 0. The monoisotopic (exact) mass is 311 g/mol. The van der Waals surface area contributed by atoms with Gasteiger partial charge in [-0.05, 0) is 19.2 Å². The van der Waals surface area contributed by atoms with Crippen LogP contribution in [-0.2, 0) is 7.05 Å². The van der Waals surface area contributed by atoms with E-state index in [1.54, 1.807) is 0 Å². The third kappa shape index (κ3) is 3.07. The Bertz CT molecular complexity index is 778. The highest BCUT2D eigenvalue weighted by atomic mass is 16.3. The number of hydrogen-bond donors (Lipinski definition) is 1. The molecule has 23 heavy (non-hydrogen) atoms. The molecule has 1 N–H and O–H groups in total. The molecule has 0 unspecified atom stereocenters. The lowest BCUT2D eigenvalue weighted by Gasteiger charge is -2.32. The first-order valence-corrected chi connectivity index (χ1v) is 7.75. The summed E-state index contributed by atoms with van der Waals surface area (Å²) in [4.78, 5) is 8.93. The van der Waals surface area contributed by atoms with Crippen LogP contribution >= 0.6 is 0 Å². The molecule has 0 atom stereocenters. The van der Waals surface area contributed by atoms with Gasteiger partial charge in [0, 0.05) is 33.2 Å². The van der Waals surface area contributed by atoms with Gasteiger partial charge in [0.2, 0.25) is 0 Å². The summed E-state index contributed by atoms with van der Waals surface area (Å²) in [6.07, 6.45) is 0. The highest BCUT2D eigenvalue weighted by Crippen LogP contribution is 2.22. The van der Waals surface area contributed by atoms with E-state index in [0.717, 1.165) is 37.2 Å². The number of hydrogen-bond acceptors (Lipinski definition) is 5. The van der Waals surface area contributed by atoms with Crippen molar-refractivity contribution in [1.29, 1.82) is 5.26 Å². The fourth-order valence-electron chi connectivity index (χ4n) is 2.91. The molecule has 2 aromatic rings. The maximum absolute atomic E-state index is 10.5. The minimum Gasteiger partial charge on any atom is -0.509 e. The van der Waals surface area contributed by atoms with Gasteiger partial charge in [-0.1, -0.05) is 12.1 Å². The van der Waals surface area contributed by atoms with Gasteiger partial charge < -0.3 is 14.6 Å². The van der Waals surface area contributed by atoms with Gasteiger partial charge in [0.1, 0.15) is 17.4 Å². The number of aliphatic hydroxyl groups excluding tert-OH is 1. The molecule has 3 rings (SSSR count). The van der Waals surface area contributed by atoms with Crippen LogP contribution in [0.25, 0.3) is 16.6 Å². The average molecular weight is 311 g/mol. The predicted octanol–water partition coefficient (Wildman–Crippen LogP) is 1.61. The predicted molar refractivity (Wildman–Crippen MR) is 89.8 cm³/mol. The SMILES string of the molecule is CN1CCN(C/C(O)=C(\C#N)c2nc3ccccc3n2C)CC1. The summed E-state index contributed by atoms with van der Waals surface area (Å²) < 4.78 is 1.86. The van der Waals surface area contributed by atoms with Crippen LogP contribution in [0.5, 0.6) is 0 Å². The number of benzene rings is 1. The van der Waals surface area contributed by atoms with E-state index in [4.69, 9.17) is 0 Å². The van der Waals surface area contributed by atoms with Gasteiger partial charge >= 0.3 is 0 Å². The molecule has 1 aromatic heterocycles. The normalized spacial score (nSPS) is 18.0. The molecule has 6 nitrogen and oxygen atoms in total. The number of imidazole rings is 1. The fourth-order valence-corrected chi connectivity index (χ4v) is 2.91. The molecule has 1 aliphatic heterocycles. The lowest BCUT2D eigenvalue weighted by atomic mass is 10.2. The molecular weight excluding hydrogens is 290 g/mol. The largest absolute Gasteiger partial charge is 0.509 e. The highest BCUT2D eigenvalue weighted by Gasteiger charge is 2.20. The standard InChI is InChI=1S/C17H21N5O/c1-20-7-9-22(10-8-20)12-16(23)13(11-18)17-19-14-5-3-4-6-15(14)21(17)2/h3-6,23H,7-10,12H2,1-2H3/b16-13-. The second kappa shape index (κ2) is 6.41. The second-order valence-corrected chi connectivity index (χ2v) is 6.00. The number of aryl methyl sites for hydroxylation is 1. The molecule has 1 aliphatic rings. The number of aromatic nitrogens is 2. The molecular formula is C17H21N5O. The van der Waals surface area contributed by atoms with E-state index in [-0.39, 0.29) is 11.3 Å². The maximum atomic E-state index is 10.5. The van der Waals surface area contributed by atoms with Crippen molar-refractivity contribution in [3.8, 4) is 6.07 Å². The van der Waals surface area contributed by atoms with Crippen LogP contribution in [0.1, 0.15) is 5.82 Å². The van der Waals surface area contributed by atoms with Crippen molar-refractivity contribution in [3.05, 3.63) is 35.8 Å². The zero-order valence-electron chi connectivity index (χ0n) is 13.5. The van der Waals surface area contributed by atoms with Crippen molar-refractivity contribution in [2.45, 2.75) is 0 Å². The van der Waals surface area contributed by atoms with E-state index >= 15 is 0 Å². The lowest BCUT2D eigenvalue weighted by molar-refractivity contribution is 0.150. The minimum atomic E-state index is 0.0930. The number of piperazine rings is 1. The Labute approximate surface area is 135 Å². The summed E-state index contributed by atoms with van der Waals surface area (Å²) in [5, 5.41) is 20.0. The first kappa shape index (κ1) is 15.5. The molecule has 0 radical (unpaired) electrons. The Morgan fingerprint density at radius 2 is 1.91 bits per heavy atom. The van der Waals surface area contributed by atoms with E-state index in [9.17, 15) is 10.4 Å². The zero-order valence-corrected chi connectivity index (χ0v) is 13.5. The second-order valence-electron chi connectivity index (χ2n) is 6.00. The Hall–Kier alpha value is -2.36. The van der Waals surface area contributed by atoms with Crippen molar-refractivity contribution < 1.29 is 5.11 Å². The number of fused-ring (bicyclic) bond motifs is 1. The van der Waals surface area contributed by atoms with Crippen molar-refractivity contribution in [3.63, 3.8) is 0 Å².